The highest BCUT2D eigenvalue weighted by Crippen LogP contribution is 2.29. The number of carbonyl (C=O) groups excluding carboxylic acids is 1. The van der Waals surface area contributed by atoms with Gasteiger partial charge in [-0.1, -0.05) is 41.6 Å². The number of rotatable bonds is 5. The first kappa shape index (κ1) is 14.4. The Bertz CT molecular complexity index is 257. The molecular weight excluding hydrogens is 290 g/mol. The largest absolute Gasteiger partial charge is 0.339 e. The summed E-state index contributed by atoms with van der Waals surface area (Å²) in [4.78, 5) is 14.6. The van der Waals surface area contributed by atoms with Crippen LogP contribution in [0.5, 0.6) is 0 Å². The van der Waals surface area contributed by atoms with Crippen LogP contribution in [-0.2, 0) is 4.79 Å². The van der Waals surface area contributed by atoms with Crippen LogP contribution in [0.15, 0.2) is 0 Å². The Hall–Kier alpha value is -0.0500. The Morgan fingerprint density at radius 2 is 1.67 bits per heavy atom. The molecule has 0 aromatic heterocycles. The molecule has 1 amide bonds. The van der Waals surface area contributed by atoms with Gasteiger partial charge in [-0.2, -0.15) is 0 Å². The molecule has 0 N–H and O–H groups in total. The van der Waals surface area contributed by atoms with Crippen molar-refractivity contribution < 1.29 is 4.79 Å². The molecule has 2 rings (SSSR count). The molecule has 2 aliphatic rings. The standard InChI is InChI=1S/C15H26BrNO/c16-10-11-17(14-8-5-9-14)15(18)12-13-6-3-1-2-4-7-13/h13-14H,1-12H2. The van der Waals surface area contributed by atoms with E-state index in [0.717, 1.165) is 18.3 Å². The predicted octanol–water partition coefficient (Wildman–Crippen LogP) is 4.12. The third-order valence-electron chi connectivity index (χ3n) is 4.60. The summed E-state index contributed by atoms with van der Waals surface area (Å²) in [5.41, 5.74) is 0. The van der Waals surface area contributed by atoms with Crippen LogP contribution in [0.2, 0.25) is 0 Å². The van der Waals surface area contributed by atoms with Crippen molar-refractivity contribution in [2.45, 2.75) is 70.3 Å². The molecule has 2 saturated carbocycles. The number of nitrogens with zero attached hydrogens (tertiary/aromatic N) is 1. The van der Waals surface area contributed by atoms with E-state index in [-0.39, 0.29) is 0 Å². The topological polar surface area (TPSA) is 20.3 Å². The Morgan fingerprint density at radius 1 is 1.00 bits per heavy atom. The van der Waals surface area contributed by atoms with E-state index in [2.05, 4.69) is 20.8 Å². The summed E-state index contributed by atoms with van der Waals surface area (Å²) >= 11 is 3.48. The van der Waals surface area contributed by atoms with Crippen LogP contribution >= 0.6 is 15.9 Å². The average molecular weight is 316 g/mol. The SMILES string of the molecule is O=C(CC1CCCCCC1)N(CCBr)C1CCC1. The van der Waals surface area contributed by atoms with E-state index in [1.807, 2.05) is 0 Å². The van der Waals surface area contributed by atoms with E-state index in [1.54, 1.807) is 0 Å². The van der Waals surface area contributed by atoms with Gasteiger partial charge in [0.05, 0.1) is 0 Å². The number of hydrogen-bond acceptors (Lipinski definition) is 1. The first-order valence-electron chi connectivity index (χ1n) is 7.66. The molecule has 3 heteroatoms. The number of alkyl halides is 1. The molecule has 0 bridgehead atoms. The minimum atomic E-state index is 0.422. The molecule has 0 aromatic carbocycles. The van der Waals surface area contributed by atoms with Crippen molar-refractivity contribution in [1.29, 1.82) is 0 Å². The monoisotopic (exact) mass is 315 g/mol. The number of amides is 1. The van der Waals surface area contributed by atoms with Gasteiger partial charge in [-0.25, -0.2) is 0 Å². The van der Waals surface area contributed by atoms with Crippen molar-refractivity contribution in [3.05, 3.63) is 0 Å². The Balaban J connectivity index is 1.83. The highest BCUT2D eigenvalue weighted by molar-refractivity contribution is 9.09. The molecule has 0 heterocycles. The molecule has 0 spiro atoms. The van der Waals surface area contributed by atoms with E-state index in [4.69, 9.17) is 0 Å². The zero-order valence-corrected chi connectivity index (χ0v) is 13.0. The molecule has 18 heavy (non-hydrogen) atoms. The highest BCUT2D eigenvalue weighted by atomic mass is 79.9. The normalized spacial score (nSPS) is 22.3. The van der Waals surface area contributed by atoms with Crippen LogP contribution in [0.1, 0.15) is 64.2 Å². The minimum Gasteiger partial charge on any atom is -0.339 e. The zero-order valence-electron chi connectivity index (χ0n) is 11.4. The maximum absolute atomic E-state index is 12.5. The molecular formula is C15H26BrNO. The van der Waals surface area contributed by atoms with E-state index >= 15 is 0 Å². The van der Waals surface area contributed by atoms with Gasteiger partial charge in [0.25, 0.3) is 0 Å². The summed E-state index contributed by atoms with van der Waals surface area (Å²) < 4.78 is 0. The lowest BCUT2D eigenvalue weighted by Crippen LogP contribution is -2.45. The van der Waals surface area contributed by atoms with Gasteiger partial charge in [-0.15, -0.1) is 0 Å². The van der Waals surface area contributed by atoms with Gasteiger partial charge in [0.2, 0.25) is 5.91 Å². The average Bonchev–Trinajstić information content (AvgIpc) is 2.54. The fraction of sp³-hybridized carbons (Fsp3) is 0.933. The second-order valence-corrected chi connectivity index (χ2v) is 6.72. The van der Waals surface area contributed by atoms with Crippen LogP contribution < -0.4 is 0 Å². The highest BCUT2D eigenvalue weighted by Gasteiger charge is 2.29. The van der Waals surface area contributed by atoms with Crippen molar-refractivity contribution in [2.24, 2.45) is 5.92 Å². The lowest BCUT2D eigenvalue weighted by molar-refractivity contribution is -0.136. The fourth-order valence-electron chi connectivity index (χ4n) is 3.23. The molecule has 104 valence electrons. The lowest BCUT2D eigenvalue weighted by atomic mass is 9.90. The molecule has 2 nitrogen and oxygen atoms in total. The van der Waals surface area contributed by atoms with Crippen LogP contribution in [0, 0.1) is 5.92 Å². The summed E-state index contributed by atoms with van der Waals surface area (Å²) in [6, 6.07) is 0.556. The predicted molar refractivity (Wildman–Crippen MR) is 79.0 cm³/mol. The van der Waals surface area contributed by atoms with Crippen molar-refractivity contribution in [1.82, 2.24) is 4.90 Å². The van der Waals surface area contributed by atoms with Crippen LogP contribution in [-0.4, -0.2) is 28.7 Å². The second kappa shape index (κ2) is 7.52. The third-order valence-corrected chi connectivity index (χ3v) is 4.95. The van der Waals surface area contributed by atoms with Gasteiger partial charge in [-0.3, -0.25) is 4.79 Å². The van der Waals surface area contributed by atoms with Gasteiger partial charge in [0, 0.05) is 24.3 Å². The quantitative estimate of drug-likeness (QED) is 0.552. The van der Waals surface area contributed by atoms with Gasteiger partial charge in [-0.05, 0) is 38.0 Å². The molecule has 0 atom stereocenters. The van der Waals surface area contributed by atoms with Gasteiger partial charge < -0.3 is 4.90 Å². The molecule has 0 aliphatic heterocycles. The lowest BCUT2D eigenvalue weighted by Gasteiger charge is -2.38. The maximum Gasteiger partial charge on any atom is 0.223 e. The Kier molecular flexibility index (Phi) is 6.00. The van der Waals surface area contributed by atoms with Gasteiger partial charge >= 0.3 is 0 Å². The summed E-state index contributed by atoms with van der Waals surface area (Å²) in [5.74, 6) is 1.09. The number of carbonyl (C=O) groups is 1. The van der Waals surface area contributed by atoms with Crippen molar-refractivity contribution in [3.8, 4) is 0 Å². The Labute approximate surface area is 120 Å². The minimum absolute atomic E-state index is 0.422. The Morgan fingerprint density at radius 3 is 2.17 bits per heavy atom. The molecule has 0 aromatic rings. The third kappa shape index (κ3) is 3.97. The van der Waals surface area contributed by atoms with E-state index < -0.39 is 0 Å². The zero-order chi connectivity index (χ0) is 12.8. The summed E-state index contributed by atoms with van der Waals surface area (Å²) in [6.45, 7) is 0.899. The van der Waals surface area contributed by atoms with Crippen molar-refractivity contribution in [2.75, 3.05) is 11.9 Å². The van der Waals surface area contributed by atoms with E-state index in [1.165, 1.54) is 57.8 Å². The van der Waals surface area contributed by atoms with E-state index in [0.29, 0.717) is 17.9 Å². The van der Waals surface area contributed by atoms with Crippen LogP contribution in [0.3, 0.4) is 0 Å². The fourth-order valence-corrected chi connectivity index (χ4v) is 3.61. The second-order valence-electron chi connectivity index (χ2n) is 5.92. The van der Waals surface area contributed by atoms with Gasteiger partial charge in [0.1, 0.15) is 0 Å². The number of hydrogen-bond donors (Lipinski definition) is 0. The summed E-state index contributed by atoms with van der Waals surface area (Å²) in [7, 11) is 0. The van der Waals surface area contributed by atoms with Crippen LogP contribution in [0.4, 0.5) is 0 Å². The smallest absolute Gasteiger partial charge is 0.223 e. The maximum atomic E-state index is 12.5. The first-order chi connectivity index (χ1) is 8.81. The molecule has 2 aliphatic carbocycles. The van der Waals surface area contributed by atoms with Crippen molar-refractivity contribution in [3.63, 3.8) is 0 Å². The van der Waals surface area contributed by atoms with Gasteiger partial charge in [0.15, 0.2) is 0 Å². The molecule has 0 unspecified atom stereocenters. The molecule has 0 saturated heterocycles. The first-order valence-corrected chi connectivity index (χ1v) is 8.79. The summed E-state index contributed by atoms with van der Waals surface area (Å²) in [5, 5.41) is 0.917. The number of halogens is 1. The van der Waals surface area contributed by atoms with E-state index in [9.17, 15) is 4.79 Å². The van der Waals surface area contributed by atoms with Crippen molar-refractivity contribution >= 4 is 21.8 Å². The molecule has 0 radical (unpaired) electrons. The molecule has 2 fully saturated rings. The van der Waals surface area contributed by atoms with Crippen LogP contribution in [0.25, 0.3) is 0 Å². The summed E-state index contributed by atoms with van der Waals surface area (Å²) in [6.07, 6.45) is 12.5.